The first-order valence-electron chi connectivity index (χ1n) is 10.5. The van der Waals surface area contributed by atoms with Crippen molar-refractivity contribution in [2.24, 2.45) is 11.8 Å². The Labute approximate surface area is 169 Å². The van der Waals surface area contributed by atoms with Gasteiger partial charge in [0.25, 0.3) is 0 Å². The van der Waals surface area contributed by atoms with Crippen molar-refractivity contribution < 1.29 is 19.8 Å². The van der Waals surface area contributed by atoms with Crippen LogP contribution in [0.15, 0.2) is 48.6 Å². The molecule has 0 saturated carbocycles. The van der Waals surface area contributed by atoms with Crippen LogP contribution in [0.2, 0.25) is 0 Å². The van der Waals surface area contributed by atoms with Gasteiger partial charge in [0.2, 0.25) is 0 Å². The number of aliphatic hydroxyl groups excluding tert-OH is 1. The molecule has 0 heterocycles. The molecule has 0 aromatic rings. The summed E-state index contributed by atoms with van der Waals surface area (Å²) in [7, 11) is 0. The lowest BCUT2D eigenvalue weighted by Crippen LogP contribution is -2.19. The molecule has 1 aliphatic rings. The Hall–Kier alpha value is -1.78. The van der Waals surface area contributed by atoms with Crippen molar-refractivity contribution >= 4 is 11.6 Å². The highest BCUT2D eigenvalue weighted by molar-refractivity contribution is 5.95. The number of allylic oxidation sites excluding steroid dienone is 6. The molecule has 0 saturated heterocycles. The molecule has 0 bridgehead atoms. The Bertz CT molecular complexity index is 596. The van der Waals surface area contributed by atoms with E-state index in [-0.39, 0.29) is 30.0 Å². The van der Waals surface area contributed by atoms with Gasteiger partial charge in [0.15, 0.2) is 11.6 Å². The van der Waals surface area contributed by atoms with Gasteiger partial charge in [-0.15, -0.1) is 0 Å². The van der Waals surface area contributed by atoms with Crippen molar-refractivity contribution in [3.05, 3.63) is 48.6 Å². The molecular weight excluding hydrogens is 352 g/mol. The van der Waals surface area contributed by atoms with Gasteiger partial charge in [0.05, 0.1) is 5.60 Å². The molecule has 0 aromatic heterocycles. The smallest absolute Gasteiger partial charge is 0.159 e. The van der Waals surface area contributed by atoms with Crippen LogP contribution < -0.4 is 0 Å². The number of unbranched alkanes of at least 4 members (excludes halogenated alkanes) is 3. The van der Waals surface area contributed by atoms with Crippen LogP contribution in [0.1, 0.15) is 65.2 Å². The van der Waals surface area contributed by atoms with Crippen LogP contribution in [-0.2, 0) is 9.59 Å². The van der Waals surface area contributed by atoms with E-state index < -0.39 is 5.60 Å². The fourth-order valence-electron chi connectivity index (χ4n) is 3.17. The van der Waals surface area contributed by atoms with E-state index in [2.05, 4.69) is 6.92 Å². The monoisotopic (exact) mass is 388 g/mol. The molecule has 0 aliphatic heterocycles. The van der Waals surface area contributed by atoms with Crippen molar-refractivity contribution in [1.82, 2.24) is 0 Å². The van der Waals surface area contributed by atoms with E-state index in [9.17, 15) is 14.7 Å². The maximum atomic E-state index is 12.1. The number of hydrogen-bond donors (Lipinski definition) is 2. The van der Waals surface area contributed by atoms with Crippen molar-refractivity contribution in [3.8, 4) is 0 Å². The largest absolute Gasteiger partial charge is 0.389 e. The summed E-state index contributed by atoms with van der Waals surface area (Å²) in [5, 5.41) is 19.1. The number of Topliss-reactive ketones (excluding diaryl/α,β-unsaturated/α-hetero) is 1. The minimum atomic E-state index is -0.863. The van der Waals surface area contributed by atoms with E-state index in [0.29, 0.717) is 19.3 Å². The van der Waals surface area contributed by atoms with Crippen LogP contribution in [0.3, 0.4) is 0 Å². The molecule has 0 aromatic carbocycles. The summed E-state index contributed by atoms with van der Waals surface area (Å²) in [4.78, 5) is 23.1. The molecule has 0 spiro atoms. The van der Waals surface area contributed by atoms with Gasteiger partial charge >= 0.3 is 0 Å². The van der Waals surface area contributed by atoms with E-state index in [1.807, 2.05) is 42.5 Å². The van der Waals surface area contributed by atoms with E-state index in [1.54, 1.807) is 13.0 Å². The third-order valence-corrected chi connectivity index (χ3v) is 4.96. The predicted molar refractivity (Wildman–Crippen MR) is 114 cm³/mol. The Balaban J connectivity index is 2.43. The van der Waals surface area contributed by atoms with Gasteiger partial charge in [-0.25, -0.2) is 0 Å². The topological polar surface area (TPSA) is 74.6 Å². The summed E-state index contributed by atoms with van der Waals surface area (Å²) >= 11 is 0. The SMILES string of the molecule is CCCCC=CC(C)(O)CC=C[C@H]1C=CC(=O)[C@@H]1CC=CCCCC(=O)CO. The number of aliphatic hydroxyl groups is 2. The highest BCUT2D eigenvalue weighted by atomic mass is 16.3. The minimum absolute atomic E-state index is 0.0630. The van der Waals surface area contributed by atoms with Crippen LogP contribution in [0.5, 0.6) is 0 Å². The van der Waals surface area contributed by atoms with Crippen LogP contribution in [0.25, 0.3) is 0 Å². The fourth-order valence-corrected chi connectivity index (χ4v) is 3.17. The predicted octanol–water partition coefficient (Wildman–Crippen LogP) is 4.48. The number of rotatable bonds is 14. The Morgan fingerprint density at radius 3 is 2.64 bits per heavy atom. The average molecular weight is 389 g/mol. The second kappa shape index (κ2) is 13.4. The zero-order valence-corrected chi connectivity index (χ0v) is 17.3. The molecule has 0 amide bonds. The zero-order valence-electron chi connectivity index (χ0n) is 17.3. The molecule has 0 radical (unpaired) electrons. The first-order chi connectivity index (χ1) is 13.4. The summed E-state index contributed by atoms with van der Waals surface area (Å²) in [6.45, 7) is 3.56. The van der Waals surface area contributed by atoms with Gasteiger partial charge in [-0.05, 0) is 45.1 Å². The van der Waals surface area contributed by atoms with Gasteiger partial charge < -0.3 is 10.2 Å². The van der Waals surface area contributed by atoms with E-state index in [4.69, 9.17) is 5.11 Å². The molecular formula is C24H36O4. The Morgan fingerprint density at radius 1 is 1.18 bits per heavy atom. The number of hydrogen-bond acceptors (Lipinski definition) is 4. The van der Waals surface area contributed by atoms with E-state index >= 15 is 0 Å². The molecule has 156 valence electrons. The summed E-state index contributed by atoms with van der Waals surface area (Å²) in [5.74, 6) is -0.0181. The summed E-state index contributed by atoms with van der Waals surface area (Å²) in [6.07, 6.45) is 21.8. The van der Waals surface area contributed by atoms with Gasteiger partial charge in [-0.2, -0.15) is 0 Å². The lowest BCUT2D eigenvalue weighted by Gasteiger charge is -2.17. The van der Waals surface area contributed by atoms with Crippen LogP contribution >= 0.6 is 0 Å². The fraction of sp³-hybridized carbons (Fsp3) is 0.583. The maximum absolute atomic E-state index is 12.1. The summed E-state index contributed by atoms with van der Waals surface area (Å²) in [6, 6.07) is 0. The molecule has 0 fully saturated rings. The van der Waals surface area contributed by atoms with Crippen molar-refractivity contribution in [2.75, 3.05) is 6.61 Å². The third-order valence-electron chi connectivity index (χ3n) is 4.96. The van der Waals surface area contributed by atoms with Gasteiger partial charge in [-0.1, -0.05) is 62.3 Å². The molecule has 3 atom stereocenters. The van der Waals surface area contributed by atoms with Crippen molar-refractivity contribution in [3.63, 3.8) is 0 Å². The first kappa shape index (κ1) is 24.3. The van der Waals surface area contributed by atoms with Crippen LogP contribution in [0, 0.1) is 11.8 Å². The molecule has 1 rings (SSSR count). The second-order valence-electron chi connectivity index (χ2n) is 7.78. The number of carbonyl (C=O) groups is 2. The quantitative estimate of drug-likeness (QED) is 0.340. The van der Waals surface area contributed by atoms with Gasteiger partial charge in [0.1, 0.15) is 6.61 Å². The molecule has 28 heavy (non-hydrogen) atoms. The first-order valence-corrected chi connectivity index (χ1v) is 10.5. The molecule has 1 unspecified atom stereocenters. The van der Waals surface area contributed by atoms with Crippen LogP contribution in [0.4, 0.5) is 0 Å². The highest BCUT2D eigenvalue weighted by Gasteiger charge is 2.27. The highest BCUT2D eigenvalue weighted by Crippen LogP contribution is 2.28. The normalized spacial score (nSPS) is 22.1. The van der Waals surface area contributed by atoms with Gasteiger partial charge in [-0.3, -0.25) is 9.59 Å². The van der Waals surface area contributed by atoms with Crippen molar-refractivity contribution in [2.45, 2.75) is 70.8 Å². The van der Waals surface area contributed by atoms with Gasteiger partial charge in [0, 0.05) is 18.3 Å². The third kappa shape index (κ3) is 9.95. The second-order valence-corrected chi connectivity index (χ2v) is 7.78. The summed E-state index contributed by atoms with van der Waals surface area (Å²) in [5.41, 5.74) is -0.863. The van der Waals surface area contributed by atoms with E-state index in [0.717, 1.165) is 32.1 Å². The molecule has 1 aliphatic carbocycles. The average Bonchev–Trinajstić information content (AvgIpc) is 3.01. The standard InChI is InChI=1S/C24H36O4/c1-3-4-5-10-17-24(2,28)18-11-12-20-15-16-23(27)22(20)14-9-7-6-8-13-21(26)19-25/h7,9-12,15-17,20,22,25,28H,3-6,8,13-14,18-19H2,1-2H3/t20-,22+,24?/m0/s1. The van der Waals surface area contributed by atoms with Crippen molar-refractivity contribution in [1.29, 1.82) is 0 Å². The number of ketones is 2. The zero-order chi connectivity index (χ0) is 20.8. The number of carbonyl (C=O) groups excluding carboxylic acids is 2. The molecule has 4 nitrogen and oxygen atoms in total. The minimum Gasteiger partial charge on any atom is -0.389 e. The Kier molecular flexibility index (Phi) is 11.6. The summed E-state index contributed by atoms with van der Waals surface area (Å²) < 4.78 is 0. The molecule has 4 heteroatoms. The maximum Gasteiger partial charge on any atom is 0.159 e. The molecule has 2 N–H and O–H groups in total. The van der Waals surface area contributed by atoms with Crippen LogP contribution in [-0.4, -0.2) is 34.0 Å². The lowest BCUT2D eigenvalue weighted by atomic mass is 9.90. The Morgan fingerprint density at radius 2 is 1.93 bits per heavy atom. The van der Waals surface area contributed by atoms with E-state index in [1.165, 1.54) is 0 Å². The lowest BCUT2D eigenvalue weighted by molar-refractivity contribution is -0.121.